The topological polar surface area (TPSA) is 0 Å². The number of halogens is 1. The average Bonchev–Trinajstić information content (AvgIpc) is 2.31. The van der Waals surface area contributed by atoms with Gasteiger partial charge in [0.15, 0.2) is 0 Å². The van der Waals surface area contributed by atoms with E-state index in [1.807, 2.05) is 6.92 Å². The van der Waals surface area contributed by atoms with E-state index >= 15 is 0 Å². The highest BCUT2D eigenvalue weighted by Crippen LogP contribution is 2.23. The summed E-state index contributed by atoms with van der Waals surface area (Å²) in [5.74, 6) is 0.349. The number of hydrogen-bond acceptors (Lipinski definition) is 0. The minimum absolute atomic E-state index is 0.301. The van der Waals surface area contributed by atoms with Gasteiger partial charge in [-0.15, -0.1) is 9.24 Å². The molecule has 0 saturated carbocycles. The second-order valence-electron chi connectivity index (χ2n) is 4.92. The molecule has 0 aromatic heterocycles. The van der Waals surface area contributed by atoms with Crippen LogP contribution in [0.4, 0.5) is 4.39 Å². The Morgan fingerprint density at radius 1 is 1.39 bits per heavy atom. The van der Waals surface area contributed by atoms with Crippen LogP contribution < -0.4 is 0 Å². The zero-order valence-corrected chi connectivity index (χ0v) is 13.1. The third-order valence-corrected chi connectivity index (χ3v) is 3.12. The number of unbranched alkanes of at least 4 members (excludes halogenated alkanes) is 1. The lowest BCUT2D eigenvalue weighted by molar-refractivity contribution is 0.511. The summed E-state index contributed by atoms with van der Waals surface area (Å²) in [5, 5.41) is 0.623. The highest BCUT2D eigenvalue weighted by atomic mass is 31.0. The van der Waals surface area contributed by atoms with Gasteiger partial charge in [0, 0.05) is 5.57 Å². The maximum atomic E-state index is 13.7. The molecule has 0 bridgehead atoms. The molecule has 0 aromatic rings. The second kappa shape index (κ2) is 9.28. The van der Waals surface area contributed by atoms with Crippen molar-refractivity contribution in [2.24, 2.45) is 5.92 Å². The van der Waals surface area contributed by atoms with E-state index in [4.69, 9.17) is 0 Å². The number of rotatable bonds is 8. The zero-order chi connectivity index (χ0) is 14.1. The van der Waals surface area contributed by atoms with Crippen LogP contribution >= 0.6 is 9.24 Å². The summed E-state index contributed by atoms with van der Waals surface area (Å²) in [7, 11) is 2.37. The van der Waals surface area contributed by atoms with Crippen LogP contribution in [0.5, 0.6) is 0 Å². The Hall–Kier alpha value is -0.680. The van der Waals surface area contributed by atoms with Gasteiger partial charge in [-0.25, -0.2) is 4.39 Å². The Morgan fingerprint density at radius 2 is 2.00 bits per heavy atom. The third-order valence-electron chi connectivity index (χ3n) is 2.95. The first-order valence-electron chi connectivity index (χ1n) is 6.56. The van der Waals surface area contributed by atoms with E-state index in [2.05, 4.69) is 42.3 Å². The highest BCUT2D eigenvalue weighted by molar-refractivity contribution is 7.22. The summed E-state index contributed by atoms with van der Waals surface area (Å²) in [5.41, 5.74) is 1.37. The molecule has 18 heavy (non-hydrogen) atoms. The SMILES string of the molecule is C=C(P)/C=C(/F)C(=C)/C(C)=C/CC(C)CCCC. The summed E-state index contributed by atoms with van der Waals surface area (Å²) < 4.78 is 13.7. The Bertz CT molecular complexity index is 350. The van der Waals surface area contributed by atoms with E-state index in [1.165, 1.54) is 25.3 Å². The molecule has 0 spiro atoms. The minimum Gasteiger partial charge on any atom is -0.206 e. The summed E-state index contributed by atoms with van der Waals surface area (Å²) in [4.78, 5) is 0. The van der Waals surface area contributed by atoms with Crippen LogP contribution in [-0.2, 0) is 0 Å². The highest BCUT2D eigenvalue weighted by Gasteiger charge is 2.05. The van der Waals surface area contributed by atoms with E-state index in [0.717, 1.165) is 12.0 Å². The molecule has 0 heterocycles. The average molecular weight is 268 g/mol. The fourth-order valence-corrected chi connectivity index (χ4v) is 1.76. The van der Waals surface area contributed by atoms with Gasteiger partial charge in [0.05, 0.1) is 0 Å². The van der Waals surface area contributed by atoms with Crippen molar-refractivity contribution in [3.63, 3.8) is 0 Å². The van der Waals surface area contributed by atoms with Gasteiger partial charge in [-0.3, -0.25) is 0 Å². The molecule has 0 N–H and O–H groups in total. The van der Waals surface area contributed by atoms with Crippen LogP contribution in [0.3, 0.4) is 0 Å². The molecule has 0 aromatic carbocycles. The lowest BCUT2D eigenvalue weighted by Gasteiger charge is -2.09. The maximum absolute atomic E-state index is 13.7. The van der Waals surface area contributed by atoms with Gasteiger partial charge in [0.2, 0.25) is 0 Å². The van der Waals surface area contributed by atoms with Crippen LogP contribution in [-0.4, -0.2) is 0 Å². The predicted molar refractivity (Wildman–Crippen MR) is 84.2 cm³/mol. The predicted octanol–water partition coefficient (Wildman–Crippen LogP) is 5.95. The standard InChI is InChI=1S/C16H26FP/c1-6-7-8-12(2)9-10-13(3)15(5)16(17)11-14(4)18/h10-12H,4-9,18H2,1-3H3/b13-10+,16-11+. The van der Waals surface area contributed by atoms with Gasteiger partial charge in [-0.1, -0.05) is 52.3 Å². The largest absolute Gasteiger partial charge is 0.206 e. The molecule has 2 heteroatoms. The van der Waals surface area contributed by atoms with Crippen LogP contribution in [0.1, 0.15) is 46.5 Å². The third kappa shape index (κ3) is 7.61. The van der Waals surface area contributed by atoms with Crippen molar-refractivity contribution in [1.82, 2.24) is 0 Å². The maximum Gasteiger partial charge on any atom is 0.130 e. The van der Waals surface area contributed by atoms with Crippen LogP contribution in [0.2, 0.25) is 0 Å². The van der Waals surface area contributed by atoms with Crippen molar-refractivity contribution >= 4 is 9.24 Å². The van der Waals surface area contributed by atoms with Crippen LogP contribution in [0, 0.1) is 5.92 Å². The Kier molecular flexibility index (Phi) is 8.93. The molecule has 0 aliphatic carbocycles. The first-order valence-corrected chi connectivity index (χ1v) is 7.14. The fourth-order valence-electron chi connectivity index (χ4n) is 1.61. The molecule has 2 atom stereocenters. The molecular formula is C16H26FP. The zero-order valence-electron chi connectivity index (χ0n) is 11.9. The van der Waals surface area contributed by atoms with Gasteiger partial charge in [-0.2, -0.15) is 0 Å². The van der Waals surface area contributed by atoms with Gasteiger partial charge in [0.25, 0.3) is 0 Å². The van der Waals surface area contributed by atoms with Crippen molar-refractivity contribution in [3.8, 4) is 0 Å². The molecule has 0 fully saturated rings. The molecule has 2 unspecified atom stereocenters. The lowest BCUT2D eigenvalue weighted by Crippen LogP contribution is -1.94. The minimum atomic E-state index is -0.301. The molecule has 102 valence electrons. The molecule has 0 rings (SSSR count). The summed E-state index contributed by atoms with van der Waals surface area (Å²) >= 11 is 0. The molecule has 0 amide bonds. The van der Waals surface area contributed by atoms with Crippen molar-refractivity contribution in [3.05, 3.63) is 47.6 Å². The fraction of sp³-hybridized carbons (Fsp3) is 0.500. The number of hydrogen-bond donors (Lipinski definition) is 0. The molecular weight excluding hydrogens is 242 g/mol. The quantitative estimate of drug-likeness (QED) is 0.377. The summed E-state index contributed by atoms with van der Waals surface area (Å²) in [6, 6.07) is 0. The summed E-state index contributed by atoms with van der Waals surface area (Å²) in [6.45, 7) is 13.8. The van der Waals surface area contributed by atoms with Crippen LogP contribution in [0.15, 0.2) is 47.6 Å². The Labute approximate surface area is 114 Å². The van der Waals surface area contributed by atoms with Gasteiger partial charge < -0.3 is 0 Å². The smallest absolute Gasteiger partial charge is 0.130 e. The number of allylic oxidation sites excluding steroid dienone is 6. The molecule has 0 aliphatic heterocycles. The second-order valence-corrected chi connectivity index (χ2v) is 5.66. The molecule has 0 saturated heterocycles. The summed E-state index contributed by atoms with van der Waals surface area (Å²) in [6.07, 6.45) is 8.18. The van der Waals surface area contributed by atoms with Gasteiger partial charge >= 0.3 is 0 Å². The van der Waals surface area contributed by atoms with Gasteiger partial charge in [-0.05, 0) is 36.2 Å². The molecule has 0 nitrogen and oxygen atoms in total. The Balaban J connectivity index is 4.41. The van der Waals surface area contributed by atoms with Crippen molar-refractivity contribution in [1.29, 1.82) is 0 Å². The van der Waals surface area contributed by atoms with E-state index in [1.54, 1.807) is 0 Å². The van der Waals surface area contributed by atoms with E-state index in [0.29, 0.717) is 16.8 Å². The first kappa shape index (κ1) is 17.3. The Morgan fingerprint density at radius 3 is 2.50 bits per heavy atom. The monoisotopic (exact) mass is 268 g/mol. The van der Waals surface area contributed by atoms with Crippen LogP contribution in [0.25, 0.3) is 0 Å². The molecule has 0 aliphatic rings. The van der Waals surface area contributed by atoms with Crippen molar-refractivity contribution in [2.45, 2.75) is 46.5 Å². The van der Waals surface area contributed by atoms with Gasteiger partial charge in [0.1, 0.15) is 5.83 Å². The van der Waals surface area contributed by atoms with E-state index < -0.39 is 0 Å². The lowest BCUT2D eigenvalue weighted by atomic mass is 9.98. The van der Waals surface area contributed by atoms with E-state index in [-0.39, 0.29) is 5.83 Å². The first-order chi connectivity index (χ1) is 8.38. The normalized spacial score (nSPS) is 14.5. The molecule has 0 radical (unpaired) electrons. The van der Waals surface area contributed by atoms with E-state index in [9.17, 15) is 4.39 Å². The van der Waals surface area contributed by atoms with Crippen molar-refractivity contribution < 1.29 is 4.39 Å². The van der Waals surface area contributed by atoms with Crippen molar-refractivity contribution in [2.75, 3.05) is 0 Å².